The predicted molar refractivity (Wildman–Crippen MR) is 132 cm³/mol. The Balaban J connectivity index is 0.00000324. The Morgan fingerprint density at radius 2 is 1.97 bits per heavy atom. The van der Waals surface area contributed by atoms with Crippen LogP contribution < -0.4 is 14.8 Å². The number of ether oxygens (including phenoxy) is 3. The molecule has 0 bridgehead atoms. The Bertz CT molecular complexity index is 999. The van der Waals surface area contributed by atoms with Crippen LogP contribution in [0, 0.1) is 11.7 Å². The summed E-state index contributed by atoms with van der Waals surface area (Å²) in [7, 11) is 0. The summed E-state index contributed by atoms with van der Waals surface area (Å²) in [5.41, 5.74) is 2.80. The van der Waals surface area contributed by atoms with E-state index in [-0.39, 0.29) is 36.0 Å². The molecule has 0 saturated carbocycles. The van der Waals surface area contributed by atoms with Gasteiger partial charge in [0.15, 0.2) is 11.5 Å². The highest BCUT2D eigenvalue weighted by molar-refractivity contribution is 5.85. The van der Waals surface area contributed by atoms with E-state index in [0.29, 0.717) is 19.6 Å². The molecule has 2 atom stereocenters. The van der Waals surface area contributed by atoms with Crippen LogP contribution in [0.1, 0.15) is 62.6 Å². The zero-order chi connectivity index (χ0) is 23.4. The van der Waals surface area contributed by atoms with E-state index in [4.69, 9.17) is 14.2 Å². The molecule has 1 aliphatic carbocycles. The van der Waals surface area contributed by atoms with Gasteiger partial charge in [0, 0.05) is 19.3 Å². The molecule has 2 aromatic rings. The molecule has 2 aliphatic rings. The molecule has 1 heterocycles. The number of nitrogens with one attached hydrogen (secondary N) is 1. The van der Waals surface area contributed by atoms with Gasteiger partial charge in [-0.1, -0.05) is 26.0 Å². The van der Waals surface area contributed by atoms with Gasteiger partial charge in [-0.3, -0.25) is 4.79 Å². The van der Waals surface area contributed by atoms with Crippen molar-refractivity contribution < 1.29 is 23.4 Å². The molecule has 0 saturated heterocycles. The standard InChI is InChI=1S/C27H34FNO4.ClH/c1-18(2)26-23-8-7-22(28)16-21(23)10-11-27(26,33-19(3)30)12-14-29-13-4-5-20-6-9-24-25(15-20)32-17-31-24;/h6-9,15-16,18,26,29H,4-5,10-14,17H2,1-3H3;1H/t26-,27-;/m1./s1. The van der Waals surface area contributed by atoms with Crippen LogP contribution in [0.4, 0.5) is 4.39 Å². The molecule has 0 spiro atoms. The van der Waals surface area contributed by atoms with Crippen molar-refractivity contribution in [3.05, 3.63) is 58.9 Å². The third-order valence-corrected chi connectivity index (χ3v) is 6.82. The summed E-state index contributed by atoms with van der Waals surface area (Å²) in [4.78, 5) is 12.1. The fraction of sp³-hybridized carbons (Fsp3) is 0.519. The van der Waals surface area contributed by atoms with Crippen molar-refractivity contribution in [3.8, 4) is 11.5 Å². The van der Waals surface area contributed by atoms with E-state index in [1.165, 1.54) is 18.6 Å². The van der Waals surface area contributed by atoms with Crippen LogP contribution in [0.15, 0.2) is 36.4 Å². The molecule has 0 fully saturated rings. The zero-order valence-corrected chi connectivity index (χ0v) is 21.0. The molecule has 0 radical (unpaired) electrons. The Kier molecular flexibility index (Phi) is 8.83. The van der Waals surface area contributed by atoms with Gasteiger partial charge < -0.3 is 19.5 Å². The molecule has 5 nitrogen and oxygen atoms in total. The van der Waals surface area contributed by atoms with Crippen molar-refractivity contribution in [2.24, 2.45) is 5.92 Å². The number of hydrogen-bond acceptors (Lipinski definition) is 5. The molecule has 4 rings (SSSR count). The summed E-state index contributed by atoms with van der Waals surface area (Å²) in [6.45, 7) is 7.71. The number of halogens is 2. The average Bonchev–Trinajstić information content (AvgIpc) is 3.23. The number of rotatable bonds is 9. The van der Waals surface area contributed by atoms with E-state index in [1.54, 1.807) is 6.07 Å². The van der Waals surface area contributed by atoms with Gasteiger partial charge in [0.05, 0.1) is 0 Å². The van der Waals surface area contributed by atoms with Gasteiger partial charge in [0.25, 0.3) is 0 Å². The highest BCUT2D eigenvalue weighted by Crippen LogP contribution is 2.48. The summed E-state index contributed by atoms with van der Waals surface area (Å²) in [5.74, 6) is 1.47. The molecule has 34 heavy (non-hydrogen) atoms. The van der Waals surface area contributed by atoms with Crippen molar-refractivity contribution >= 4 is 18.4 Å². The van der Waals surface area contributed by atoms with E-state index in [9.17, 15) is 9.18 Å². The third kappa shape index (κ3) is 5.84. The van der Waals surface area contributed by atoms with Gasteiger partial charge in [0.1, 0.15) is 11.4 Å². The van der Waals surface area contributed by atoms with E-state index >= 15 is 0 Å². The van der Waals surface area contributed by atoms with Crippen LogP contribution in [0.5, 0.6) is 11.5 Å². The van der Waals surface area contributed by atoms with Gasteiger partial charge in [-0.15, -0.1) is 12.4 Å². The van der Waals surface area contributed by atoms with Crippen LogP contribution >= 0.6 is 12.4 Å². The Morgan fingerprint density at radius 1 is 1.18 bits per heavy atom. The number of benzene rings is 2. The van der Waals surface area contributed by atoms with Crippen molar-refractivity contribution in [2.45, 2.75) is 64.4 Å². The fourth-order valence-electron chi connectivity index (χ4n) is 5.52. The average molecular weight is 492 g/mol. The number of carbonyl (C=O) groups is 1. The second-order valence-corrected chi connectivity index (χ2v) is 9.51. The van der Waals surface area contributed by atoms with Gasteiger partial charge >= 0.3 is 5.97 Å². The maximum atomic E-state index is 13.8. The van der Waals surface area contributed by atoms with E-state index < -0.39 is 5.60 Å². The normalized spacial score (nSPS) is 20.6. The minimum Gasteiger partial charge on any atom is -0.459 e. The lowest BCUT2D eigenvalue weighted by molar-refractivity contribution is -0.164. The van der Waals surface area contributed by atoms with Crippen molar-refractivity contribution in [1.82, 2.24) is 5.32 Å². The third-order valence-electron chi connectivity index (χ3n) is 6.82. The molecule has 0 unspecified atom stereocenters. The molecular weight excluding hydrogens is 457 g/mol. The highest BCUT2D eigenvalue weighted by atomic mass is 35.5. The number of fused-ring (bicyclic) bond motifs is 2. The molecule has 7 heteroatoms. The maximum Gasteiger partial charge on any atom is 0.303 e. The zero-order valence-electron chi connectivity index (χ0n) is 20.2. The second kappa shape index (κ2) is 11.4. The van der Waals surface area contributed by atoms with Crippen LogP contribution in [-0.2, 0) is 22.4 Å². The Morgan fingerprint density at radius 3 is 2.74 bits per heavy atom. The Labute approximate surface area is 207 Å². The first-order chi connectivity index (χ1) is 15.9. The van der Waals surface area contributed by atoms with Crippen molar-refractivity contribution in [3.63, 3.8) is 0 Å². The second-order valence-electron chi connectivity index (χ2n) is 9.51. The maximum absolute atomic E-state index is 13.8. The quantitative estimate of drug-likeness (QED) is 0.367. The van der Waals surface area contributed by atoms with Gasteiger partial charge in [0.2, 0.25) is 6.79 Å². The highest BCUT2D eigenvalue weighted by Gasteiger charge is 2.47. The van der Waals surface area contributed by atoms with Gasteiger partial charge in [-0.25, -0.2) is 4.39 Å². The first-order valence-electron chi connectivity index (χ1n) is 11.9. The SMILES string of the molecule is CC(=O)O[C@@]1(CCNCCCc2ccc3c(c2)OCO3)CCc2cc(F)ccc2[C@H]1C(C)C.Cl. The summed E-state index contributed by atoms with van der Waals surface area (Å²) < 4.78 is 30.7. The fourth-order valence-corrected chi connectivity index (χ4v) is 5.52. The monoisotopic (exact) mass is 491 g/mol. The lowest BCUT2D eigenvalue weighted by Gasteiger charge is -2.46. The molecule has 0 aromatic heterocycles. The summed E-state index contributed by atoms with van der Waals surface area (Å²) in [6, 6.07) is 11.1. The lowest BCUT2D eigenvalue weighted by atomic mass is 9.65. The van der Waals surface area contributed by atoms with E-state index in [2.05, 4.69) is 25.2 Å². The van der Waals surface area contributed by atoms with Crippen LogP contribution in [0.25, 0.3) is 0 Å². The van der Waals surface area contributed by atoms with Crippen LogP contribution in [0.2, 0.25) is 0 Å². The minimum absolute atomic E-state index is 0. The molecule has 186 valence electrons. The smallest absolute Gasteiger partial charge is 0.303 e. The molecule has 1 aliphatic heterocycles. The van der Waals surface area contributed by atoms with Crippen molar-refractivity contribution in [2.75, 3.05) is 19.9 Å². The molecule has 2 aromatic carbocycles. The summed E-state index contributed by atoms with van der Waals surface area (Å²) in [5, 5.41) is 3.54. The Hall–Kier alpha value is -2.31. The lowest BCUT2D eigenvalue weighted by Crippen LogP contribution is -2.48. The summed E-state index contributed by atoms with van der Waals surface area (Å²) >= 11 is 0. The predicted octanol–water partition coefficient (Wildman–Crippen LogP) is 5.58. The number of carbonyl (C=O) groups excluding carboxylic acids is 1. The molecular formula is C27H35ClFNO4. The number of aryl methyl sites for hydroxylation is 2. The first kappa shape index (κ1) is 26.3. The first-order valence-corrected chi connectivity index (χ1v) is 11.9. The minimum atomic E-state index is -0.574. The number of hydrogen-bond donors (Lipinski definition) is 1. The molecule has 0 amide bonds. The summed E-state index contributed by atoms with van der Waals surface area (Å²) in [6.07, 6.45) is 4.11. The van der Waals surface area contributed by atoms with Crippen LogP contribution in [0.3, 0.4) is 0 Å². The van der Waals surface area contributed by atoms with Gasteiger partial charge in [-0.2, -0.15) is 0 Å². The topological polar surface area (TPSA) is 56.8 Å². The molecule has 1 N–H and O–H groups in total. The number of esters is 1. The van der Waals surface area contributed by atoms with E-state index in [1.807, 2.05) is 18.2 Å². The largest absolute Gasteiger partial charge is 0.459 e. The van der Waals surface area contributed by atoms with Crippen LogP contribution in [-0.4, -0.2) is 31.5 Å². The van der Waals surface area contributed by atoms with E-state index in [0.717, 1.165) is 55.0 Å². The van der Waals surface area contributed by atoms with Crippen molar-refractivity contribution in [1.29, 1.82) is 0 Å². The van der Waals surface area contributed by atoms with Gasteiger partial charge in [-0.05, 0) is 85.6 Å².